The molecular formula is C33H45N6O11P. The first-order valence-electron chi connectivity index (χ1n) is 16.7. The van der Waals surface area contributed by atoms with Crippen molar-refractivity contribution in [2.45, 2.75) is 58.7 Å². The number of nitrogens with one attached hydrogen (secondary N) is 1. The first-order chi connectivity index (χ1) is 24.5. The van der Waals surface area contributed by atoms with Crippen molar-refractivity contribution < 1.29 is 52.0 Å². The Balaban J connectivity index is 1.57. The Bertz CT molecular complexity index is 1540. The van der Waals surface area contributed by atoms with Crippen molar-refractivity contribution >= 4 is 43.7 Å². The zero-order valence-corrected chi connectivity index (χ0v) is 30.2. The van der Waals surface area contributed by atoms with Gasteiger partial charge in [0.25, 0.3) is 5.91 Å². The molecule has 3 amide bonds. The van der Waals surface area contributed by atoms with Crippen molar-refractivity contribution in [2.75, 3.05) is 64.0 Å². The highest BCUT2D eigenvalue weighted by Gasteiger charge is 2.34. The minimum absolute atomic E-state index is 0.0153. The predicted molar refractivity (Wildman–Crippen MR) is 183 cm³/mol. The number of benzene rings is 1. The number of aromatic nitrogens is 2. The second-order valence-corrected chi connectivity index (χ2v) is 13.3. The zero-order chi connectivity index (χ0) is 36.9. The molecule has 3 atom stereocenters. The lowest BCUT2D eigenvalue weighted by atomic mass is 10.2. The van der Waals surface area contributed by atoms with Crippen molar-refractivity contribution in [1.29, 1.82) is 0 Å². The summed E-state index contributed by atoms with van der Waals surface area (Å²) in [7, 11) is -1.68. The zero-order valence-electron chi connectivity index (χ0n) is 29.2. The van der Waals surface area contributed by atoms with Gasteiger partial charge in [0.15, 0.2) is 5.82 Å². The van der Waals surface area contributed by atoms with Gasteiger partial charge in [-0.15, -0.1) is 0 Å². The van der Waals surface area contributed by atoms with Gasteiger partial charge in [0.05, 0.1) is 18.9 Å². The molecule has 1 aromatic heterocycles. The molecule has 1 unspecified atom stereocenters. The normalized spacial score (nSPS) is 17.1. The molecule has 17 nitrogen and oxygen atoms in total. The maximum Gasteiger partial charge on any atom is 0.409 e. The van der Waals surface area contributed by atoms with Crippen molar-refractivity contribution in [1.82, 2.24) is 25.1 Å². The second kappa shape index (κ2) is 19.1. The smallest absolute Gasteiger partial charge is 0.409 e. The maximum atomic E-state index is 13.9. The number of unbranched alkanes of at least 4 members (excludes halogenated alkanes) is 1. The molecule has 0 spiro atoms. The summed E-state index contributed by atoms with van der Waals surface area (Å²) >= 11 is 0. The monoisotopic (exact) mass is 732 g/mol. The second-order valence-electron chi connectivity index (χ2n) is 11.9. The van der Waals surface area contributed by atoms with Gasteiger partial charge < -0.3 is 39.0 Å². The summed E-state index contributed by atoms with van der Waals surface area (Å²) in [5.41, 5.74) is 0.616. The molecular weight excluding hydrogens is 687 g/mol. The molecule has 0 bridgehead atoms. The molecule has 2 fully saturated rings. The lowest BCUT2D eigenvalue weighted by molar-refractivity contribution is -0.231. The average molecular weight is 733 g/mol. The molecule has 0 radical (unpaired) electrons. The van der Waals surface area contributed by atoms with E-state index in [9.17, 15) is 28.5 Å². The Morgan fingerprint density at radius 2 is 1.63 bits per heavy atom. The number of carbonyl (C=O) groups excluding carboxylic acids is 5. The van der Waals surface area contributed by atoms with E-state index in [4.69, 9.17) is 28.5 Å². The van der Waals surface area contributed by atoms with E-state index >= 15 is 0 Å². The summed E-state index contributed by atoms with van der Waals surface area (Å²) in [4.78, 5) is 77.5. The molecule has 278 valence electrons. The largest absolute Gasteiger partial charge is 0.449 e. The van der Waals surface area contributed by atoms with E-state index in [-0.39, 0.29) is 43.8 Å². The summed E-state index contributed by atoms with van der Waals surface area (Å²) in [5.74, 6) is -2.31. The van der Waals surface area contributed by atoms with E-state index in [0.29, 0.717) is 31.1 Å². The summed E-state index contributed by atoms with van der Waals surface area (Å²) in [5, 5.41) is 2.66. The van der Waals surface area contributed by atoms with Crippen LogP contribution in [0.1, 0.15) is 50.5 Å². The molecule has 2 aliphatic rings. The van der Waals surface area contributed by atoms with Crippen molar-refractivity contribution in [2.24, 2.45) is 0 Å². The predicted octanol–water partition coefficient (Wildman–Crippen LogP) is 2.45. The van der Waals surface area contributed by atoms with E-state index < -0.39 is 56.6 Å². The van der Waals surface area contributed by atoms with Gasteiger partial charge in [-0.1, -0.05) is 43.7 Å². The summed E-state index contributed by atoms with van der Waals surface area (Å²) in [6, 6.07) is 9.19. The summed E-state index contributed by atoms with van der Waals surface area (Å²) in [6.07, 6.45) is 1.32. The lowest BCUT2D eigenvalue weighted by Gasteiger charge is -2.36. The molecule has 0 saturated carbocycles. The highest BCUT2D eigenvalue weighted by molar-refractivity contribution is 7.39. The number of anilines is 1. The van der Waals surface area contributed by atoms with Crippen LogP contribution in [0.3, 0.4) is 0 Å². The molecule has 4 rings (SSSR count). The van der Waals surface area contributed by atoms with Crippen LogP contribution in [0.25, 0.3) is 11.4 Å². The molecule has 51 heavy (non-hydrogen) atoms. The van der Waals surface area contributed by atoms with Gasteiger partial charge in [-0.2, -0.15) is 0 Å². The summed E-state index contributed by atoms with van der Waals surface area (Å²) < 4.78 is 38.9. The van der Waals surface area contributed by atoms with E-state index in [1.807, 2.05) is 30.0 Å². The Kier molecular flexibility index (Phi) is 14.7. The highest BCUT2D eigenvalue weighted by Crippen LogP contribution is 2.29. The van der Waals surface area contributed by atoms with Crippen LogP contribution >= 0.6 is 8.03 Å². The molecule has 1 N–H and O–H groups in total. The molecule has 0 aliphatic carbocycles. The summed E-state index contributed by atoms with van der Waals surface area (Å²) in [6.45, 7) is 4.21. The van der Waals surface area contributed by atoms with Gasteiger partial charge in [-0.25, -0.2) is 14.8 Å². The van der Waals surface area contributed by atoms with E-state index in [1.165, 1.54) is 15.9 Å². The number of esters is 2. The Labute approximate surface area is 296 Å². The molecule has 2 aliphatic heterocycles. The average Bonchev–Trinajstić information content (AvgIpc) is 3.60. The third-order valence-corrected chi connectivity index (χ3v) is 9.28. The Morgan fingerprint density at radius 3 is 2.24 bits per heavy atom. The first kappa shape index (κ1) is 39.2. The molecule has 18 heteroatoms. The topological polar surface area (TPSA) is 196 Å². The molecule has 2 aromatic rings. The van der Waals surface area contributed by atoms with Gasteiger partial charge in [0, 0.05) is 71.9 Å². The fourth-order valence-electron chi connectivity index (χ4n) is 5.38. The van der Waals surface area contributed by atoms with Crippen LogP contribution in [0.15, 0.2) is 36.4 Å². The van der Waals surface area contributed by atoms with Crippen LogP contribution in [-0.4, -0.2) is 127 Å². The standard InChI is InChI=1S/C33H45N6O11P/c1-5-6-18-47-32(44)38-16-14-37(15-17-38)31(43)27(21-51(45)50-33(48-22(2)40)49-23(3)41)35-30(42)26-19-28(39-13-12-25(20-39)46-4)36-29(34-26)24-10-8-7-9-11-24/h7-11,19,25,27,33,51H,5-6,12-18,20-21H2,1-4H3,(H,35,42)/t25-,27-/m0/s1. The third kappa shape index (κ3) is 11.7. The minimum Gasteiger partial charge on any atom is -0.449 e. The van der Waals surface area contributed by atoms with Gasteiger partial charge >= 0.3 is 24.5 Å². The van der Waals surface area contributed by atoms with Gasteiger partial charge in [-0.3, -0.25) is 28.3 Å². The number of nitrogens with zero attached hydrogens (tertiary/aromatic N) is 5. The first-order valence-corrected chi connectivity index (χ1v) is 18.3. The maximum absolute atomic E-state index is 13.9. The van der Waals surface area contributed by atoms with Crippen LogP contribution in [0.2, 0.25) is 0 Å². The number of carbonyl (C=O) groups is 5. The lowest BCUT2D eigenvalue weighted by Crippen LogP contribution is -2.56. The third-order valence-electron chi connectivity index (χ3n) is 8.08. The number of amides is 3. The fourth-order valence-corrected chi connectivity index (χ4v) is 6.40. The van der Waals surface area contributed by atoms with Crippen LogP contribution in [-0.2, 0) is 42.4 Å². The number of methoxy groups -OCH3 is 1. The number of piperazine rings is 1. The molecule has 2 saturated heterocycles. The van der Waals surface area contributed by atoms with Crippen molar-refractivity contribution in [3.05, 3.63) is 42.1 Å². The van der Waals surface area contributed by atoms with Gasteiger partial charge in [-0.05, 0) is 12.8 Å². The SMILES string of the molecule is CCCCOC(=O)N1CCN(C(=O)[C@H](C[PH](=O)OC(OC(C)=O)OC(C)=O)NC(=O)c2cc(N3CC[C@H](OC)C3)nc(-c3ccccc3)n2)CC1. The molecule has 3 heterocycles. The Hall–Kier alpha value is -4.60. The number of hydrogen-bond donors (Lipinski definition) is 1. The van der Waals surface area contributed by atoms with E-state index in [2.05, 4.69) is 10.3 Å². The minimum atomic E-state index is -3.31. The Morgan fingerprint density at radius 1 is 0.961 bits per heavy atom. The van der Waals surface area contributed by atoms with Gasteiger partial charge in [0.2, 0.25) is 13.9 Å². The molecule has 1 aromatic carbocycles. The number of rotatable bonds is 15. The van der Waals surface area contributed by atoms with Crippen LogP contribution in [0.5, 0.6) is 0 Å². The van der Waals surface area contributed by atoms with Crippen molar-refractivity contribution in [3.63, 3.8) is 0 Å². The fraction of sp³-hybridized carbons (Fsp3) is 0.545. The number of hydrogen-bond acceptors (Lipinski definition) is 14. The highest BCUT2D eigenvalue weighted by atomic mass is 31.1. The van der Waals surface area contributed by atoms with E-state index in [1.54, 1.807) is 19.2 Å². The van der Waals surface area contributed by atoms with Crippen LogP contribution < -0.4 is 10.2 Å². The van der Waals surface area contributed by atoms with Gasteiger partial charge in [0.1, 0.15) is 17.6 Å². The van der Waals surface area contributed by atoms with Crippen molar-refractivity contribution in [3.8, 4) is 11.4 Å². The van der Waals surface area contributed by atoms with Crippen LogP contribution in [0.4, 0.5) is 10.6 Å². The van der Waals surface area contributed by atoms with E-state index in [0.717, 1.165) is 33.1 Å². The van der Waals surface area contributed by atoms with Crippen LogP contribution in [0, 0.1) is 0 Å². The number of ether oxygens (including phenoxy) is 4. The quantitative estimate of drug-likeness (QED) is 0.121.